The maximum absolute atomic E-state index is 13.4. The summed E-state index contributed by atoms with van der Waals surface area (Å²) in [5.74, 6) is 0.433. The van der Waals surface area contributed by atoms with E-state index in [9.17, 15) is 18.0 Å². The molecule has 4 rings (SSSR count). The van der Waals surface area contributed by atoms with Gasteiger partial charge in [-0.3, -0.25) is 14.3 Å². The topological polar surface area (TPSA) is 81.9 Å². The third-order valence-corrected chi connectivity index (χ3v) is 5.88. The minimum absolute atomic E-state index is 0.0543. The summed E-state index contributed by atoms with van der Waals surface area (Å²) in [5.41, 5.74) is 1.44. The van der Waals surface area contributed by atoms with Crippen molar-refractivity contribution in [3.05, 3.63) is 78.1 Å². The van der Waals surface area contributed by atoms with Crippen molar-refractivity contribution in [1.29, 1.82) is 0 Å². The van der Waals surface area contributed by atoms with Crippen LogP contribution in [0.3, 0.4) is 0 Å². The van der Waals surface area contributed by atoms with Gasteiger partial charge < -0.3 is 10.1 Å². The number of pyridine rings is 1. The number of carbonyl (C=O) groups excluding carboxylic acids is 1. The first-order valence-electron chi connectivity index (χ1n) is 10.4. The molecule has 2 aromatic carbocycles. The van der Waals surface area contributed by atoms with Gasteiger partial charge >= 0.3 is 6.18 Å². The standard InChI is InChI=1S/C24H20F3N5O2S/c1-15-8-9-20(34-2)19(11-15)29-21(33)14-35-23-31-30-22(16-5-4-10-28-13-16)32(23)18-7-3-6-17(12-18)24(25,26)27/h3-13H,14H2,1-2H3,(H,29,33). The van der Waals surface area contributed by atoms with Gasteiger partial charge in [-0.15, -0.1) is 10.2 Å². The average Bonchev–Trinajstić information content (AvgIpc) is 3.27. The number of nitrogens with zero attached hydrogens (tertiary/aromatic N) is 4. The van der Waals surface area contributed by atoms with Crippen LogP contribution in [0.15, 0.2) is 72.1 Å². The Morgan fingerprint density at radius 1 is 1.11 bits per heavy atom. The monoisotopic (exact) mass is 499 g/mol. The number of carbonyl (C=O) groups is 1. The first kappa shape index (κ1) is 24.3. The van der Waals surface area contributed by atoms with E-state index in [0.29, 0.717) is 22.8 Å². The Morgan fingerprint density at radius 3 is 2.66 bits per heavy atom. The first-order valence-corrected chi connectivity index (χ1v) is 11.4. The molecule has 0 unspecified atom stereocenters. The van der Waals surface area contributed by atoms with Gasteiger partial charge in [0.15, 0.2) is 11.0 Å². The zero-order valence-electron chi connectivity index (χ0n) is 18.7. The first-order chi connectivity index (χ1) is 16.8. The van der Waals surface area contributed by atoms with E-state index in [4.69, 9.17) is 4.74 Å². The summed E-state index contributed by atoms with van der Waals surface area (Å²) < 4.78 is 46.9. The van der Waals surface area contributed by atoms with Crippen LogP contribution in [0.5, 0.6) is 5.75 Å². The zero-order valence-corrected chi connectivity index (χ0v) is 19.5. The Bertz CT molecular complexity index is 1340. The second kappa shape index (κ2) is 10.2. The molecule has 1 N–H and O–H groups in total. The van der Waals surface area contributed by atoms with Crippen LogP contribution >= 0.6 is 11.8 Å². The molecule has 11 heteroatoms. The van der Waals surface area contributed by atoms with E-state index in [1.54, 1.807) is 36.7 Å². The SMILES string of the molecule is COc1ccc(C)cc1NC(=O)CSc1nnc(-c2cccnc2)n1-c1cccc(C(F)(F)F)c1. The van der Waals surface area contributed by atoms with Crippen molar-refractivity contribution in [1.82, 2.24) is 19.7 Å². The highest BCUT2D eigenvalue weighted by Crippen LogP contribution is 2.33. The van der Waals surface area contributed by atoms with Crippen LogP contribution < -0.4 is 10.1 Å². The summed E-state index contributed by atoms with van der Waals surface area (Å²) in [6.07, 6.45) is -1.40. The van der Waals surface area contributed by atoms with E-state index in [-0.39, 0.29) is 22.5 Å². The number of nitrogens with one attached hydrogen (secondary N) is 1. The maximum atomic E-state index is 13.4. The largest absolute Gasteiger partial charge is 0.495 e. The van der Waals surface area contributed by atoms with Crippen molar-refractivity contribution in [2.45, 2.75) is 18.3 Å². The van der Waals surface area contributed by atoms with E-state index in [2.05, 4.69) is 20.5 Å². The van der Waals surface area contributed by atoms with E-state index in [1.807, 2.05) is 13.0 Å². The number of hydrogen-bond acceptors (Lipinski definition) is 6. The van der Waals surface area contributed by atoms with Gasteiger partial charge in [0.1, 0.15) is 5.75 Å². The van der Waals surface area contributed by atoms with Gasteiger partial charge in [-0.05, 0) is 55.0 Å². The number of anilines is 1. The van der Waals surface area contributed by atoms with Gasteiger partial charge in [-0.1, -0.05) is 23.9 Å². The molecule has 0 fully saturated rings. The smallest absolute Gasteiger partial charge is 0.416 e. The van der Waals surface area contributed by atoms with Crippen molar-refractivity contribution in [2.75, 3.05) is 18.2 Å². The highest BCUT2D eigenvalue weighted by molar-refractivity contribution is 7.99. The summed E-state index contributed by atoms with van der Waals surface area (Å²) in [7, 11) is 1.51. The predicted molar refractivity (Wildman–Crippen MR) is 127 cm³/mol. The fraction of sp³-hybridized carbons (Fsp3) is 0.167. The van der Waals surface area contributed by atoms with E-state index >= 15 is 0 Å². The maximum Gasteiger partial charge on any atom is 0.416 e. The van der Waals surface area contributed by atoms with Crippen molar-refractivity contribution in [3.8, 4) is 22.8 Å². The van der Waals surface area contributed by atoms with Crippen molar-refractivity contribution in [3.63, 3.8) is 0 Å². The lowest BCUT2D eigenvalue weighted by Gasteiger charge is -2.13. The highest BCUT2D eigenvalue weighted by atomic mass is 32.2. The van der Waals surface area contributed by atoms with E-state index in [1.165, 1.54) is 23.8 Å². The summed E-state index contributed by atoms with van der Waals surface area (Å²) in [4.78, 5) is 16.7. The molecule has 0 aliphatic rings. The van der Waals surface area contributed by atoms with Crippen LogP contribution in [0.25, 0.3) is 17.1 Å². The summed E-state index contributed by atoms with van der Waals surface area (Å²) >= 11 is 1.05. The second-order valence-corrected chi connectivity index (χ2v) is 8.41. The Labute approximate surface area is 203 Å². The Morgan fingerprint density at radius 2 is 1.94 bits per heavy atom. The van der Waals surface area contributed by atoms with Crippen molar-refractivity contribution in [2.24, 2.45) is 0 Å². The molecule has 7 nitrogen and oxygen atoms in total. The third kappa shape index (κ3) is 5.62. The molecule has 4 aromatic rings. The molecule has 0 spiro atoms. The van der Waals surface area contributed by atoms with E-state index < -0.39 is 11.7 Å². The molecule has 1 amide bonds. The van der Waals surface area contributed by atoms with Gasteiger partial charge in [0.2, 0.25) is 5.91 Å². The van der Waals surface area contributed by atoms with Crippen molar-refractivity contribution < 1.29 is 22.7 Å². The van der Waals surface area contributed by atoms with E-state index in [0.717, 1.165) is 29.5 Å². The number of thioether (sulfide) groups is 1. The van der Waals surface area contributed by atoms with Crippen LogP contribution in [-0.4, -0.2) is 38.5 Å². The molecule has 35 heavy (non-hydrogen) atoms. The minimum Gasteiger partial charge on any atom is -0.495 e. The van der Waals surface area contributed by atoms with Crippen LogP contribution in [0, 0.1) is 6.92 Å². The third-order valence-electron chi connectivity index (χ3n) is 4.95. The number of aryl methyl sites for hydroxylation is 1. The molecule has 0 saturated heterocycles. The molecule has 2 heterocycles. The Kier molecular flexibility index (Phi) is 7.06. The second-order valence-electron chi connectivity index (χ2n) is 7.47. The summed E-state index contributed by atoms with van der Waals surface area (Å²) in [6, 6.07) is 13.7. The average molecular weight is 500 g/mol. The molecule has 0 atom stereocenters. The number of methoxy groups -OCH3 is 1. The fourth-order valence-corrected chi connectivity index (χ4v) is 4.09. The number of aromatic nitrogens is 4. The van der Waals surface area contributed by atoms with Crippen LogP contribution in [0.4, 0.5) is 18.9 Å². The highest BCUT2D eigenvalue weighted by Gasteiger charge is 2.31. The fourth-order valence-electron chi connectivity index (χ4n) is 3.34. The molecule has 0 radical (unpaired) electrons. The predicted octanol–water partition coefficient (Wildman–Crippen LogP) is 5.40. The van der Waals surface area contributed by atoms with Crippen LogP contribution in [-0.2, 0) is 11.0 Å². The molecule has 0 aliphatic carbocycles. The van der Waals surface area contributed by atoms with Gasteiger partial charge in [0.25, 0.3) is 0 Å². The minimum atomic E-state index is -4.52. The molecule has 180 valence electrons. The Hall–Kier alpha value is -3.86. The number of halogens is 3. The van der Waals surface area contributed by atoms with Gasteiger partial charge in [0, 0.05) is 18.0 Å². The zero-order chi connectivity index (χ0) is 25.0. The lowest BCUT2D eigenvalue weighted by atomic mass is 10.2. The number of hydrogen-bond donors (Lipinski definition) is 1. The molecule has 0 aliphatic heterocycles. The van der Waals surface area contributed by atoms with Crippen LogP contribution in [0.2, 0.25) is 0 Å². The normalized spacial score (nSPS) is 11.3. The lowest BCUT2D eigenvalue weighted by Crippen LogP contribution is -2.15. The molecular formula is C24H20F3N5O2S. The molecule has 2 aromatic heterocycles. The number of rotatable bonds is 7. The number of alkyl halides is 3. The summed E-state index contributed by atoms with van der Waals surface area (Å²) in [6.45, 7) is 1.89. The van der Waals surface area contributed by atoms with Crippen LogP contribution in [0.1, 0.15) is 11.1 Å². The Balaban J connectivity index is 1.64. The molecule has 0 saturated carbocycles. The molecule has 0 bridgehead atoms. The summed E-state index contributed by atoms with van der Waals surface area (Å²) in [5, 5.41) is 11.4. The number of amides is 1. The quantitative estimate of drug-likeness (QED) is 0.343. The van der Waals surface area contributed by atoms with Gasteiger partial charge in [0.05, 0.1) is 29.8 Å². The number of ether oxygens (including phenoxy) is 1. The van der Waals surface area contributed by atoms with Crippen molar-refractivity contribution >= 4 is 23.4 Å². The van der Waals surface area contributed by atoms with Gasteiger partial charge in [-0.25, -0.2) is 0 Å². The molecular weight excluding hydrogens is 479 g/mol. The number of benzene rings is 2. The lowest BCUT2D eigenvalue weighted by molar-refractivity contribution is -0.137. The van der Waals surface area contributed by atoms with Gasteiger partial charge in [-0.2, -0.15) is 13.2 Å².